The van der Waals surface area contributed by atoms with Crippen LogP contribution >= 0.6 is 0 Å². The van der Waals surface area contributed by atoms with Gasteiger partial charge in [-0.2, -0.15) is 4.31 Å². The van der Waals surface area contributed by atoms with E-state index in [0.717, 1.165) is 24.8 Å². The number of carbonyl (C=O) groups is 1. The summed E-state index contributed by atoms with van der Waals surface area (Å²) in [7, 11) is -2.00. The minimum Gasteiger partial charge on any atom is -0.496 e. The van der Waals surface area contributed by atoms with Crippen LogP contribution in [0.1, 0.15) is 40.7 Å². The summed E-state index contributed by atoms with van der Waals surface area (Å²) in [6, 6.07) is 12.1. The summed E-state index contributed by atoms with van der Waals surface area (Å²) >= 11 is 0. The van der Waals surface area contributed by atoms with Crippen LogP contribution in [-0.2, 0) is 16.6 Å². The van der Waals surface area contributed by atoms with Gasteiger partial charge < -0.3 is 10.1 Å². The minimum atomic E-state index is -3.56. The number of sulfonamides is 1. The predicted molar refractivity (Wildman–Crippen MR) is 108 cm³/mol. The smallest absolute Gasteiger partial charge is 0.251 e. The highest BCUT2D eigenvalue weighted by molar-refractivity contribution is 7.89. The second-order valence-electron chi connectivity index (χ2n) is 6.94. The van der Waals surface area contributed by atoms with Gasteiger partial charge in [0.1, 0.15) is 5.75 Å². The van der Waals surface area contributed by atoms with Crippen molar-refractivity contribution in [1.29, 1.82) is 0 Å². The summed E-state index contributed by atoms with van der Waals surface area (Å²) in [6.45, 7) is 3.14. The van der Waals surface area contributed by atoms with Crippen molar-refractivity contribution in [3.8, 4) is 5.75 Å². The Hall–Kier alpha value is -2.38. The van der Waals surface area contributed by atoms with Crippen molar-refractivity contribution in [2.24, 2.45) is 0 Å². The molecule has 0 saturated carbocycles. The molecule has 7 heteroatoms. The van der Waals surface area contributed by atoms with Crippen molar-refractivity contribution in [2.75, 3.05) is 20.2 Å². The number of ether oxygens (including phenoxy) is 1. The van der Waals surface area contributed by atoms with Gasteiger partial charge in [-0.25, -0.2) is 8.42 Å². The fraction of sp³-hybridized carbons (Fsp3) is 0.381. The Labute approximate surface area is 166 Å². The van der Waals surface area contributed by atoms with Gasteiger partial charge in [-0.1, -0.05) is 30.7 Å². The fourth-order valence-electron chi connectivity index (χ4n) is 3.38. The summed E-state index contributed by atoms with van der Waals surface area (Å²) in [4.78, 5) is 12.8. The molecule has 0 atom stereocenters. The van der Waals surface area contributed by atoms with Gasteiger partial charge in [0.15, 0.2) is 0 Å². The van der Waals surface area contributed by atoms with Crippen LogP contribution in [0, 0.1) is 6.92 Å². The summed E-state index contributed by atoms with van der Waals surface area (Å²) in [5.41, 5.74) is 2.00. The Bertz CT molecular complexity index is 951. The predicted octanol–water partition coefficient (Wildman–Crippen LogP) is 3.11. The standard InChI is InChI=1S/C21H26N2O4S/c1-16-10-11-17(14-19(16)27-2)21(24)22-15-18-8-4-5-9-20(18)28(25,26)23-12-6-3-7-13-23/h4-5,8-11,14H,3,6-7,12-13,15H2,1-2H3,(H,22,24). The molecule has 1 amide bonds. The van der Waals surface area contributed by atoms with E-state index in [1.807, 2.05) is 13.0 Å². The number of rotatable bonds is 6. The van der Waals surface area contributed by atoms with Gasteiger partial charge in [0.2, 0.25) is 10.0 Å². The van der Waals surface area contributed by atoms with Crippen molar-refractivity contribution in [2.45, 2.75) is 37.6 Å². The highest BCUT2D eigenvalue weighted by atomic mass is 32.2. The molecule has 0 radical (unpaired) electrons. The second-order valence-corrected chi connectivity index (χ2v) is 8.85. The molecule has 28 heavy (non-hydrogen) atoms. The van der Waals surface area contributed by atoms with Crippen LogP contribution in [-0.4, -0.2) is 38.8 Å². The van der Waals surface area contributed by atoms with E-state index in [2.05, 4.69) is 5.32 Å². The van der Waals surface area contributed by atoms with Crippen LogP contribution in [0.15, 0.2) is 47.4 Å². The van der Waals surface area contributed by atoms with Gasteiger partial charge in [0.05, 0.1) is 12.0 Å². The second kappa shape index (κ2) is 8.75. The molecule has 150 valence electrons. The summed E-state index contributed by atoms with van der Waals surface area (Å²) in [5.74, 6) is 0.365. The van der Waals surface area contributed by atoms with Gasteiger partial charge in [-0.15, -0.1) is 0 Å². The number of hydrogen-bond acceptors (Lipinski definition) is 4. The summed E-state index contributed by atoms with van der Waals surface area (Å²) in [5, 5.41) is 2.82. The quantitative estimate of drug-likeness (QED) is 0.806. The Morgan fingerprint density at radius 1 is 1.11 bits per heavy atom. The Morgan fingerprint density at radius 2 is 1.82 bits per heavy atom. The molecule has 0 unspecified atom stereocenters. The Morgan fingerprint density at radius 3 is 2.54 bits per heavy atom. The zero-order valence-electron chi connectivity index (χ0n) is 16.3. The third kappa shape index (κ3) is 4.36. The molecule has 1 heterocycles. The number of piperidine rings is 1. The molecule has 3 rings (SSSR count). The molecule has 2 aromatic rings. The minimum absolute atomic E-state index is 0.137. The van der Waals surface area contributed by atoms with Gasteiger partial charge in [0.25, 0.3) is 5.91 Å². The molecule has 1 fully saturated rings. The van der Waals surface area contributed by atoms with Gasteiger partial charge in [-0.05, 0) is 49.1 Å². The monoisotopic (exact) mass is 402 g/mol. The van der Waals surface area contributed by atoms with Crippen molar-refractivity contribution < 1.29 is 17.9 Å². The highest BCUT2D eigenvalue weighted by Crippen LogP contribution is 2.24. The van der Waals surface area contributed by atoms with E-state index in [4.69, 9.17) is 4.74 Å². The first-order valence-electron chi connectivity index (χ1n) is 9.44. The third-order valence-electron chi connectivity index (χ3n) is 5.02. The molecule has 6 nitrogen and oxygen atoms in total. The zero-order chi connectivity index (χ0) is 20.1. The largest absolute Gasteiger partial charge is 0.496 e. The number of benzene rings is 2. The normalized spacial score (nSPS) is 15.2. The number of nitrogens with zero attached hydrogens (tertiary/aromatic N) is 1. The van der Waals surface area contributed by atoms with E-state index in [0.29, 0.717) is 30.0 Å². The molecular formula is C21H26N2O4S. The third-order valence-corrected chi connectivity index (χ3v) is 7.01. The molecule has 2 aromatic carbocycles. The number of amides is 1. The van der Waals surface area contributed by atoms with E-state index in [1.165, 1.54) is 0 Å². The van der Waals surface area contributed by atoms with E-state index >= 15 is 0 Å². The number of methoxy groups -OCH3 is 1. The van der Waals surface area contributed by atoms with Crippen LogP contribution in [0.3, 0.4) is 0 Å². The average molecular weight is 403 g/mol. The molecule has 1 aliphatic heterocycles. The molecule has 0 aliphatic carbocycles. The first-order chi connectivity index (χ1) is 13.4. The average Bonchev–Trinajstić information content (AvgIpc) is 2.73. The summed E-state index contributed by atoms with van der Waals surface area (Å²) in [6.07, 6.45) is 2.82. The first-order valence-corrected chi connectivity index (χ1v) is 10.9. The molecule has 0 aromatic heterocycles. The number of hydrogen-bond donors (Lipinski definition) is 1. The lowest BCUT2D eigenvalue weighted by molar-refractivity contribution is 0.0950. The van der Waals surface area contributed by atoms with Crippen LogP contribution in [0.2, 0.25) is 0 Å². The van der Waals surface area contributed by atoms with E-state index in [1.54, 1.807) is 47.8 Å². The van der Waals surface area contributed by atoms with Crippen LogP contribution < -0.4 is 10.1 Å². The van der Waals surface area contributed by atoms with Crippen LogP contribution in [0.4, 0.5) is 0 Å². The number of nitrogens with one attached hydrogen (secondary N) is 1. The van der Waals surface area contributed by atoms with Crippen LogP contribution in [0.25, 0.3) is 0 Å². The Kier molecular flexibility index (Phi) is 6.36. The molecule has 0 bridgehead atoms. The molecular weight excluding hydrogens is 376 g/mol. The molecule has 1 saturated heterocycles. The number of aryl methyl sites for hydroxylation is 1. The van der Waals surface area contributed by atoms with E-state index < -0.39 is 10.0 Å². The first kappa shape index (κ1) is 20.4. The maximum atomic E-state index is 13.0. The van der Waals surface area contributed by atoms with Gasteiger partial charge in [-0.3, -0.25) is 4.79 Å². The molecule has 0 spiro atoms. The van der Waals surface area contributed by atoms with E-state index in [9.17, 15) is 13.2 Å². The van der Waals surface area contributed by atoms with Crippen molar-refractivity contribution in [3.05, 3.63) is 59.2 Å². The zero-order valence-corrected chi connectivity index (χ0v) is 17.1. The van der Waals surface area contributed by atoms with Gasteiger partial charge in [0, 0.05) is 25.2 Å². The van der Waals surface area contributed by atoms with Crippen molar-refractivity contribution >= 4 is 15.9 Å². The lowest BCUT2D eigenvalue weighted by Crippen LogP contribution is -2.36. The maximum Gasteiger partial charge on any atom is 0.251 e. The number of carbonyl (C=O) groups excluding carboxylic acids is 1. The van der Waals surface area contributed by atoms with Crippen molar-refractivity contribution in [1.82, 2.24) is 9.62 Å². The highest BCUT2D eigenvalue weighted by Gasteiger charge is 2.27. The molecule has 1 aliphatic rings. The lowest BCUT2D eigenvalue weighted by atomic mass is 10.1. The SMILES string of the molecule is COc1cc(C(=O)NCc2ccccc2S(=O)(=O)N2CCCCC2)ccc1C. The fourth-order valence-corrected chi connectivity index (χ4v) is 5.12. The maximum absolute atomic E-state index is 13.0. The lowest BCUT2D eigenvalue weighted by Gasteiger charge is -2.26. The van der Waals surface area contributed by atoms with Crippen molar-refractivity contribution in [3.63, 3.8) is 0 Å². The van der Waals surface area contributed by atoms with Crippen LogP contribution in [0.5, 0.6) is 5.75 Å². The van der Waals surface area contributed by atoms with Gasteiger partial charge >= 0.3 is 0 Å². The summed E-state index contributed by atoms with van der Waals surface area (Å²) < 4.78 is 32.9. The van der Waals surface area contributed by atoms with E-state index in [-0.39, 0.29) is 17.3 Å². The molecule has 1 N–H and O–H groups in total. The Balaban J connectivity index is 1.77. The topological polar surface area (TPSA) is 75.7 Å².